The zero-order chi connectivity index (χ0) is 23.3. The van der Waals surface area contributed by atoms with Crippen LogP contribution in [0, 0.1) is 5.92 Å². The molecule has 0 saturated carbocycles. The summed E-state index contributed by atoms with van der Waals surface area (Å²) in [5, 5.41) is 12.2. The maximum absolute atomic E-state index is 13.8. The summed E-state index contributed by atoms with van der Waals surface area (Å²) in [6.07, 6.45) is 1.44. The normalized spacial score (nSPS) is 25.5. The molecule has 172 valence electrons. The van der Waals surface area contributed by atoms with E-state index in [0.717, 1.165) is 12.0 Å². The fraction of sp³-hybridized carbons (Fsp3) is 0.400. The SMILES string of the molecule is CC1(C)S[C@@H]2c3ccccc3C(=O)N2[C@H]1C(=O)N1CCC[C@H](C(=O)Nc2ccc(O)cc2)C1. The summed E-state index contributed by atoms with van der Waals surface area (Å²) in [6.45, 7) is 4.96. The van der Waals surface area contributed by atoms with Crippen molar-refractivity contribution in [1.82, 2.24) is 9.80 Å². The average molecular weight is 466 g/mol. The van der Waals surface area contributed by atoms with E-state index >= 15 is 0 Å². The zero-order valence-corrected chi connectivity index (χ0v) is 19.5. The van der Waals surface area contributed by atoms with Crippen LogP contribution in [0.3, 0.4) is 0 Å². The van der Waals surface area contributed by atoms with Crippen LogP contribution in [0.15, 0.2) is 48.5 Å². The van der Waals surface area contributed by atoms with E-state index in [0.29, 0.717) is 30.8 Å². The molecule has 3 amide bonds. The minimum atomic E-state index is -0.577. The van der Waals surface area contributed by atoms with Crippen LogP contribution < -0.4 is 5.32 Å². The summed E-state index contributed by atoms with van der Waals surface area (Å²) < 4.78 is -0.438. The van der Waals surface area contributed by atoms with Gasteiger partial charge in [-0.3, -0.25) is 14.4 Å². The van der Waals surface area contributed by atoms with Gasteiger partial charge in [0.05, 0.1) is 5.92 Å². The lowest BCUT2D eigenvalue weighted by atomic mass is 9.94. The summed E-state index contributed by atoms with van der Waals surface area (Å²) in [4.78, 5) is 43.4. The number of hydrogen-bond donors (Lipinski definition) is 2. The van der Waals surface area contributed by atoms with E-state index in [9.17, 15) is 19.5 Å². The van der Waals surface area contributed by atoms with Crippen LogP contribution in [0.1, 0.15) is 48.0 Å². The minimum Gasteiger partial charge on any atom is -0.508 e. The van der Waals surface area contributed by atoms with Crippen molar-refractivity contribution in [3.63, 3.8) is 0 Å². The summed E-state index contributed by atoms with van der Waals surface area (Å²) in [7, 11) is 0. The van der Waals surface area contributed by atoms with E-state index in [2.05, 4.69) is 5.32 Å². The first-order valence-corrected chi connectivity index (χ1v) is 12.1. The van der Waals surface area contributed by atoms with Crippen LogP contribution in [0.25, 0.3) is 0 Å². The number of fused-ring (bicyclic) bond motifs is 3. The first-order chi connectivity index (χ1) is 15.8. The maximum atomic E-state index is 13.8. The molecular formula is C25H27N3O4S. The summed E-state index contributed by atoms with van der Waals surface area (Å²) in [6, 6.07) is 13.3. The molecule has 3 heterocycles. The Bertz CT molecular complexity index is 1120. The topological polar surface area (TPSA) is 90.0 Å². The van der Waals surface area contributed by atoms with E-state index in [1.165, 1.54) is 12.1 Å². The summed E-state index contributed by atoms with van der Waals surface area (Å²) >= 11 is 1.65. The molecule has 0 spiro atoms. The largest absolute Gasteiger partial charge is 0.508 e. The van der Waals surface area contributed by atoms with Crippen LogP contribution >= 0.6 is 11.8 Å². The fourth-order valence-corrected chi connectivity index (χ4v) is 6.71. The third kappa shape index (κ3) is 3.76. The number of phenols is 1. The number of piperidine rings is 1. The van der Waals surface area contributed by atoms with Crippen LogP contribution in [0.5, 0.6) is 5.75 Å². The Labute approximate surface area is 197 Å². The van der Waals surface area contributed by atoms with Gasteiger partial charge in [-0.1, -0.05) is 18.2 Å². The number of phenolic OH excluding ortho intramolecular Hbond substituents is 1. The Kier molecular flexibility index (Phi) is 5.35. The molecule has 33 heavy (non-hydrogen) atoms. The van der Waals surface area contributed by atoms with Gasteiger partial charge in [0.2, 0.25) is 11.8 Å². The molecule has 3 atom stereocenters. The quantitative estimate of drug-likeness (QED) is 0.676. The third-order valence-corrected chi connectivity index (χ3v) is 8.30. The van der Waals surface area contributed by atoms with Gasteiger partial charge < -0.3 is 20.2 Å². The smallest absolute Gasteiger partial charge is 0.256 e. The number of anilines is 1. The lowest BCUT2D eigenvalue weighted by Gasteiger charge is -2.38. The second-order valence-corrected chi connectivity index (χ2v) is 11.2. The van der Waals surface area contributed by atoms with E-state index in [1.54, 1.807) is 33.7 Å². The predicted molar refractivity (Wildman–Crippen MR) is 127 cm³/mol. The molecule has 0 bridgehead atoms. The van der Waals surface area contributed by atoms with Gasteiger partial charge in [-0.15, -0.1) is 11.8 Å². The number of nitrogens with zero attached hydrogens (tertiary/aromatic N) is 2. The number of aromatic hydroxyl groups is 1. The second-order valence-electron chi connectivity index (χ2n) is 9.44. The standard InChI is InChI=1S/C25H27N3O4S/c1-25(2)20(28-22(31)18-7-3-4-8-19(18)24(28)33-25)23(32)27-13-5-6-15(14-27)21(30)26-16-9-11-17(29)12-10-16/h3-4,7-12,15,20,24,29H,5-6,13-14H2,1-2H3,(H,26,30)/t15-,20-,24+/m0/s1. The van der Waals surface area contributed by atoms with Gasteiger partial charge in [-0.2, -0.15) is 0 Å². The lowest BCUT2D eigenvalue weighted by Crippen LogP contribution is -2.56. The van der Waals surface area contributed by atoms with Crippen LogP contribution in [0.4, 0.5) is 5.69 Å². The Morgan fingerprint density at radius 3 is 2.61 bits per heavy atom. The van der Waals surface area contributed by atoms with Gasteiger partial charge in [0, 0.05) is 29.1 Å². The molecule has 8 heteroatoms. The molecule has 0 aromatic heterocycles. The van der Waals surface area contributed by atoms with E-state index in [-0.39, 0.29) is 34.8 Å². The van der Waals surface area contributed by atoms with Crippen LogP contribution in [-0.4, -0.2) is 56.5 Å². The number of carbonyl (C=O) groups excluding carboxylic acids is 3. The van der Waals surface area contributed by atoms with Crippen molar-refractivity contribution in [2.24, 2.45) is 5.92 Å². The van der Waals surface area contributed by atoms with Crippen LogP contribution in [-0.2, 0) is 9.59 Å². The van der Waals surface area contributed by atoms with Crippen molar-refractivity contribution in [1.29, 1.82) is 0 Å². The van der Waals surface area contributed by atoms with Crippen molar-refractivity contribution < 1.29 is 19.5 Å². The molecule has 3 aliphatic rings. The minimum absolute atomic E-state index is 0.0849. The van der Waals surface area contributed by atoms with Gasteiger partial charge in [-0.05, 0) is 62.6 Å². The summed E-state index contributed by atoms with van der Waals surface area (Å²) in [5.41, 5.74) is 2.26. The number of rotatable bonds is 3. The van der Waals surface area contributed by atoms with Crippen LogP contribution in [0.2, 0.25) is 0 Å². The number of nitrogens with one attached hydrogen (secondary N) is 1. The highest BCUT2D eigenvalue weighted by atomic mass is 32.2. The number of thioether (sulfide) groups is 1. The first-order valence-electron chi connectivity index (χ1n) is 11.2. The van der Waals surface area contributed by atoms with E-state index in [4.69, 9.17) is 0 Å². The third-order valence-electron chi connectivity index (χ3n) is 6.77. The Hall–Kier alpha value is -3.00. The number of carbonyl (C=O) groups is 3. The average Bonchev–Trinajstić information content (AvgIpc) is 3.24. The Balaban J connectivity index is 1.33. The van der Waals surface area contributed by atoms with E-state index in [1.807, 2.05) is 38.1 Å². The predicted octanol–water partition coefficient (Wildman–Crippen LogP) is 3.62. The van der Waals surface area contributed by atoms with Crippen molar-refractivity contribution in [3.8, 4) is 5.75 Å². The molecule has 5 rings (SSSR count). The Morgan fingerprint density at radius 1 is 1.12 bits per heavy atom. The molecule has 3 aliphatic heterocycles. The molecular weight excluding hydrogens is 438 g/mol. The molecule has 2 aromatic carbocycles. The highest BCUT2D eigenvalue weighted by Crippen LogP contribution is 2.56. The van der Waals surface area contributed by atoms with Gasteiger partial charge in [0.15, 0.2) is 0 Å². The highest BCUT2D eigenvalue weighted by Gasteiger charge is 2.58. The molecule has 0 aliphatic carbocycles. The number of amides is 3. The van der Waals surface area contributed by atoms with Crippen molar-refractivity contribution >= 4 is 35.2 Å². The second kappa shape index (κ2) is 8.09. The highest BCUT2D eigenvalue weighted by molar-refractivity contribution is 8.01. The first kappa shape index (κ1) is 21.8. The molecule has 2 fully saturated rings. The van der Waals surface area contributed by atoms with E-state index < -0.39 is 10.8 Å². The summed E-state index contributed by atoms with van der Waals surface area (Å²) in [5.74, 6) is -0.503. The Morgan fingerprint density at radius 2 is 1.85 bits per heavy atom. The number of likely N-dealkylation sites (tertiary alicyclic amines) is 1. The fourth-order valence-electron chi connectivity index (χ4n) is 5.13. The van der Waals surface area contributed by atoms with Crippen molar-refractivity contribution in [2.75, 3.05) is 18.4 Å². The molecule has 2 saturated heterocycles. The number of hydrogen-bond acceptors (Lipinski definition) is 5. The van der Waals surface area contributed by atoms with Gasteiger partial charge in [0.25, 0.3) is 5.91 Å². The van der Waals surface area contributed by atoms with Gasteiger partial charge >= 0.3 is 0 Å². The zero-order valence-electron chi connectivity index (χ0n) is 18.7. The lowest BCUT2D eigenvalue weighted by molar-refractivity contribution is -0.139. The van der Waals surface area contributed by atoms with Crippen molar-refractivity contribution in [3.05, 3.63) is 59.7 Å². The monoisotopic (exact) mass is 465 g/mol. The molecule has 7 nitrogen and oxygen atoms in total. The molecule has 2 aromatic rings. The number of benzene rings is 2. The molecule has 0 radical (unpaired) electrons. The molecule has 0 unspecified atom stereocenters. The van der Waals surface area contributed by atoms with Crippen molar-refractivity contribution in [2.45, 2.75) is 42.9 Å². The molecule has 2 N–H and O–H groups in total. The van der Waals surface area contributed by atoms with Gasteiger partial charge in [0.1, 0.15) is 17.2 Å². The maximum Gasteiger partial charge on any atom is 0.256 e. The van der Waals surface area contributed by atoms with Gasteiger partial charge in [-0.25, -0.2) is 0 Å².